The highest BCUT2D eigenvalue weighted by molar-refractivity contribution is 9.10. The maximum absolute atomic E-state index is 12.7. The van der Waals surface area contributed by atoms with E-state index < -0.39 is 15.7 Å². The summed E-state index contributed by atoms with van der Waals surface area (Å²) >= 11 is 8.48. The summed E-state index contributed by atoms with van der Waals surface area (Å²) in [5.74, 6) is -0.129. The molecule has 0 spiro atoms. The first kappa shape index (κ1) is 18.7. The van der Waals surface area contributed by atoms with E-state index in [9.17, 15) is 13.2 Å². The molecule has 1 aliphatic heterocycles. The lowest BCUT2D eigenvalue weighted by atomic mass is 9.84. The topological polar surface area (TPSA) is 97.4 Å². The molecule has 0 radical (unpaired) electrons. The van der Waals surface area contributed by atoms with Gasteiger partial charge >= 0.3 is 10.1 Å². The summed E-state index contributed by atoms with van der Waals surface area (Å²) in [5.41, 5.74) is 0.322. The van der Waals surface area contributed by atoms with Crippen LogP contribution in [0, 0.1) is 0 Å². The highest BCUT2D eigenvalue weighted by atomic mass is 79.9. The van der Waals surface area contributed by atoms with Crippen LogP contribution in [0.25, 0.3) is 0 Å². The van der Waals surface area contributed by atoms with Crippen molar-refractivity contribution in [3.8, 4) is 5.75 Å². The Hall–Kier alpha value is -2.04. The first-order valence-electron chi connectivity index (χ1n) is 7.41. The quantitative estimate of drug-likeness (QED) is 0.522. The Kier molecular flexibility index (Phi) is 5.00. The van der Waals surface area contributed by atoms with Crippen molar-refractivity contribution in [2.45, 2.75) is 12.0 Å². The van der Waals surface area contributed by atoms with E-state index in [1.165, 1.54) is 12.1 Å². The summed E-state index contributed by atoms with van der Waals surface area (Å²) in [7, 11) is -3.63. The maximum Gasteiger partial charge on any atom is 0.306 e. The van der Waals surface area contributed by atoms with E-state index in [1.807, 2.05) is 6.07 Å². The molecule has 1 aliphatic rings. The number of rotatable bonds is 5. The number of nitrogens with zero attached hydrogens (tertiary/aromatic N) is 1. The van der Waals surface area contributed by atoms with E-state index in [0.29, 0.717) is 12.0 Å². The normalized spacial score (nSPS) is 19.8. The van der Waals surface area contributed by atoms with E-state index in [4.69, 9.17) is 16.4 Å². The first-order chi connectivity index (χ1) is 12.2. The van der Waals surface area contributed by atoms with Crippen molar-refractivity contribution in [2.24, 2.45) is 0 Å². The van der Waals surface area contributed by atoms with E-state index in [0.717, 1.165) is 16.3 Å². The molecule has 1 atom stereocenters. The van der Waals surface area contributed by atoms with Crippen molar-refractivity contribution in [1.29, 1.82) is 0 Å². The molecule has 2 heterocycles. The van der Waals surface area contributed by atoms with Crippen molar-refractivity contribution in [3.05, 3.63) is 58.3 Å². The van der Waals surface area contributed by atoms with Crippen molar-refractivity contribution < 1.29 is 17.4 Å². The summed E-state index contributed by atoms with van der Waals surface area (Å²) < 4.78 is 28.1. The zero-order chi connectivity index (χ0) is 18.9. The Balaban J connectivity index is 1.99. The summed E-state index contributed by atoms with van der Waals surface area (Å²) in [6.07, 6.45) is 4.59. The molecule has 7 nitrogen and oxygen atoms in total. The summed E-state index contributed by atoms with van der Waals surface area (Å²) in [6, 6.07) is 8.12. The number of pyridine rings is 1. The highest BCUT2D eigenvalue weighted by Crippen LogP contribution is 2.31. The van der Waals surface area contributed by atoms with Gasteiger partial charge in [0.25, 0.3) is 5.91 Å². The van der Waals surface area contributed by atoms with Gasteiger partial charge in [-0.2, -0.15) is 8.42 Å². The van der Waals surface area contributed by atoms with Crippen LogP contribution in [-0.2, 0) is 26.9 Å². The Morgan fingerprint density at radius 3 is 2.50 bits per heavy atom. The molecule has 136 valence electrons. The van der Waals surface area contributed by atoms with Crippen LogP contribution in [0.4, 0.5) is 0 Å². The van der Waals surface area contributed by atoms with Gasteiger partial charge in [0.15, 0.2) is 5.11 Å². The number of hydrogen-bond donors (Lipinski definition) is 2. The van der Waals surface area contributed by atoms with Crippen LogP contribution in [-0.4, -0.2) is 30.7 Å². The van der Waals surface area contributed by atoms with Gasteiger partial charge in [-0.1, -0.05) is 12.1 Å². The fraction of sp³-hybridized carbons (Fsp3) is 0.188. The summed E-state index contributed by atoms with van der Waals surface area (Å²) in [5, 5.41) is 5.88. The van der Waals surface area contributed by atoms with Crippen molar-refractivity contribution in [1.82, 2.24) is 15.6 Å². The van der Waals surface area contributed by atoms with E-state index in [1.54, 1.807) is 24.5 Å². The van der Waals surface area contributed by atoms with Gasteiger partial charge < -0.3 is 14.8 Å². The molecular weight excluding hydrogens is 442 g/mol. The number of aromatic nitrogens is 1. The van der Waals surface area contributed by atoms with Crippen LogP contribution in [0.5, 0.6) is 5.75 Å². The van der Waals surface area contributed by atoms with Crippen molar-refractivity contribution in [2.75, 3.05) is 6.26 Å². The molecule has 0 bridgehead atoms. The second kappa shape index (κ2) is 6.93. The molecule has 3 rings (SSSR count). The minimum Gasteiger partial charge on any atom is -0.383 e. The molecule has 0 saturated carbocycles. The van der Waals surface area contributed by atoms with Crippen LogP contribution in [0.1, 0.15) is 11.1 Å². The standard InChI is InChI=1S/C16H14BrN3O4S2/c1-26(22,23)24-13-4-2-11(3-5-13)16(14(21)19-15(25)20-16)7-10-6-12(17)9-18-8-10/h2-6,8-9H,7H2,1H3,(H2,19,20,21,25). The van der Waals surface area contributed by atoms with E-state index in [-0.39, 0.29) is 16.8 Å². The molecule has 0 aliphatic carbocycles. The average molecular weight is 456 g/mol. The van der Waals surface area contributed by atoms with Gasteiger partial charge in [0.2, 0.25) is 0 Å². The van der Waals surface area contributed by atoms with Crippen molar-refractivity contribution in [3.63, 3.8) is 0 Å². The summed E-state index contributed by atoms with van der Waals surface area (Å²) in [6.45, 7) is 0. The van der Waals surface area contributed by atoms with Crippen LogP contribution in [0.3, 0.4) is 0 Å². The molecule has 26 heavy (non-hydrogen) atoms. The predicted molar refractivity (Wildman–Crippen MR) is 103 cm³/mol. The SMILES string of the molecule is CS(=O)(=O)Oc1ccc(C2(Cc3cncc(Br)c3)NC(=S)NC2=O)cc1. The number of halogens is 1. The van der Waals surface area contributed by atoms with E-state index in [2.05, 4.69) is 31.5 Å². The van der Waals surface area contributed by atoms with Gasteiger partial charge in [0, 0.05) is 23.3 Å². The zero-order valence-electron chi connectivity index (χ0n) is 13.5. The van der Waals surface area contributed by atoms with Gasteiger partial charge in [-0.15, -0.1) is 0 Å². The van der Waals surface area contributed by atoms with Crippen LogP contribution >= 0.6 is 28.1 Å². The number of hydrogen-bond acceptors (Lipinski definition) is 6. The number of nitrogens with one attached hydrogen (secondary N) is 2. The average Bonchev–Trinajstić information content (AvgIpc) is 2.81. The molecular formula is C16H14BrN3O4S2. The third-order valence-electron chi connectivity index (χ3n) is 3.77. The third-order valence-corrected chi connectivity index (χ3v) is 4.90. The molecule has 1 aromatic carbocycles. The second-order valence-corrected chi connectivity index (χ2v) is 8.71. The Bertz CT molecular complexity index is 979. The molecule has 1 unspecified atom stereocenters. The number of amides is 1. The molecule has 1 amide bonds. The van der Waals surface area contributed by atoms with Gasteiger partial charge in [0.05, 0.1) is 6.26 Å². The molecule has 1 aromatic heterocycles. The molecule has 10 heteroatoms. The van der Waals surface area contributed by atoms with Gasteiger partial charge in [-0.25, -0.2) is 0 Å². The second-order valence-electron chi connectivity index (χ2n) is 5.81. The fourth-order valence-corrected chi connectivity index (χ4v) is 3.89. The van der Waals surface area contributed by atoms with Gasteiger partial charge in [-0.05, 0) is 57.5 Å². The Morgan fingerprint density at radius 2 is 1.96 bits per heavy atom. The lowest BCUT2D eigenvalue weighted by molar-refractivity contribution is -0.124. The van der Waals surface area contributed by atoms with E-state index >= 15 is 0 Å². The minimum absolute atomic E-state index is 0.163. The van der Waals surface area contributed by atoms with Crippen LogP contribution in [0.2, 0.25) is 0 Å². The largest absolute Gasteiger partial charge is 0.383 e. The third kappa shape index (κ3) is 4.02. The predicted octanol–water partition coefficient (Wildman–Crippen LogP) is 1.62. The lowest BCUT2D eigenvalue weighted by Crippen LogP contribution is -2.45. The first-order valence-corrected chi connectivity index (χ1v) is 10.4. The lowest BCUT2D eigenvalue weighted by Gasteiger charge is -2.27. The number of carbonyl (C=O) groups excluding carboxylic acids is 1. The minimum atomic E-state index is -3.63. The fourth-order valence-electron chi connectivity index (χ4n) is 2.75. The highest BCUT2D eigenvalue weighted by Gasteiger charge is 2.46. The Morgan fingerprint density at radius 1 is 1.27 bits per heavy atom. The number of benzene rings is 1. The van der Waals surface area contributed by atoms with Crippen molar-refractivity contribution >= 4 is 49.3 Å². The van der Waals surface area contributed by atoms with Crippen LogP contribution < -0.4 is 14.8 Å². The number of carbonyl (C=O) groups is 1. The zero-order valence-corrected chi connectivity index (χ0v) is 16.7. The van der Waals surface area contributed by atoms with Gasteiger partial charge in [-0.3, -0.25) is 9.78 Å². The maximum atomic E-state index is 12.7. The smallest absolute Gasteiger partial charge is 0.306 e. The molecule has 2 N–H and O–H groups in total. The summed E-state index contributed by atoms with van der Waals surface area (Å²) in [4.78, 5) is 16.8. The molecule has 1 saturated heterocycles. The van der Waals surface area contributed by atoms with Crippen LogP contribution in [0.15, 0.2) is 47.2 Å². The molecule has 1 fully saturated rings. The molecule has 2 aromatic rings. The monoisotopic (exact) mass is 455 g/mol. The number of thiocarbonyl (C=S) groups is 1. The van der Waals surface area contributed by atoms with Gasteiger partial charge in [0.1, 0.15) is 11.3 Å². The Labute approximate surface area is 164 Å².